The fourth-order valence-electron chi connectivity index (χ4n) is 3.59. The molecule has 0 aliphatic carbocycles. The first-order valence-electron chi connectivity index (χ1n) is 8.61. The number of ether oxygens (including phenoxy) is 3. The maximum atomic E-state index is 12.5. The molecule has 3 rings (SSSR count). The molecule has 0 radical (unpaired) electrons. The number of anilines is 1. The molecule has 27 heavy (non-hydrogen) atoms. The van der Waals surface area contributed by atoms with E-state index in [1.165, 1.54) is 7.11 Å². The van der Waals surface area contributed by atoms with Gasteiger partial charge in [0.2, 0.25) is 0 Å². The van der Waals surface area contributed by atoms with Gasteiger partial charge in [0, 0.05) is 18.1 Å². The quantitative estimate of drug-likeness (QED) is 0.767. The van der Waals surface area contributed by atoms with Crippen molar-refractivity contribution in [1.82, 2.24) is 0 Å². The van der Waals surface area contributed by atoms with Gasteiger partial charge in [0.15, 0.2) is 5.60 Å². The summed E-state index contributed by atoms with van der Waals surface area (Å²) in [5, 5.41) is 14.2. The van der Waals surface area contributed by atoms with E-state index in [0.29, 0.717) is 27.8 Å². The Bertz CT molecular complexity index is 839. The summed E-state index contributed by atoms with van der Waals surface area (Å²) in [4.78, 5) is 12.5. The number of carbonyl (C=O) groups is 1. The Kier molecular flexibility index (Phi) is 5.48. The lowest BCUT2D eigenvalue weighted by atomic mass is 9.79. The zero-order valence-electron chi connectivity index (χ0n) is 15.4. The second-order valence-corrected chi connectivity index (χ2v) is 6.67. The minimum absolute atomic E-state index is 0.189. The number of nitrogens with one attached hydrogen (secondary N) is 1. The summed E-state index contributed by atoms with van der Waals surface area (Å²) in [6, 6.07) is 10.4. The van der Waals surface area contributed by atoms with Crippen LogP contribution >= 0.6 is 11.6 Å². The van der Waals surface area contributed by atoms with Crippen molar-refractivity contribution in [1.29, 1.82) is 0 Å². The number of rotatable bonds is 6. The van der Waals surface area contributed by atoms with E-state index in [2.05, 4.69) is 5.32 Å². The summed E-state index contributed by atoms with van der Waals surface area (Å²) in [5.74, 6) is -0.115. The lowest BCUT2D eigenvalue weighted by Crippen LogP contribution is -2.45. The lowest BCUT2D eigenvalue weighted by Gasteiger charge is -2.41. The Morgan fingerprint density at radius 2 is 1.81 bits per heavy atom. The van der Waals surface area contributed by atoms with Gasteiger partial charge in [-0.05, 0) is 36.8 Å². The van der Waals surface area contributed by atoms with Gasteiger partial charge in [-0.3, -0.25) is 0 Å². The van der Waals surface area contributed by atoms with Gasteiger partial charge in [-0.15, -0.1) is 0 Å². The van der Waals surface area contributed by atoms with Crippen molar-refractivity contribution >= 4 is 23.3 Å². The Hall–Kier alpha value is -2.44. The second kappa shape index (κ2) is 7.66. The predicted octanol–water partition coefficient (Wildman–Crippen LogP) is 4.23. The van der Waals surface area contributed by atoms with Crippen LogP contribution in [-0.4, -0.2) is 31.9 Å². The molecule has 0 spiro atoms. The van der Waals surface area contributed by atoms with Crippen molar-refractivity contribution < 1.29 is 24.1 Å². The molecule has 0 aromatic heterocycles. The minimum Gasteiger partial charge on any atom is -0.496 e. The molecule has 0 amide bonds. The van der Waals surface area contributed by atoms with Gasteiger partial charge < -0.3 is 24.6 Å². The molecule has 0 saturated heterocycles. The fourth-order valence-corrected chi connectivity index (χ4v) is 3.72. The van der Waals surface area contributed by atoms with Crippen LogP contribution in [0.15, 0.2) is 36.4 Å². The third-order valence-electron chi connectivity index (χ3n) is 4.79. The highest BCUT2D eigenvalue weighted by molar-refractivity contribution is 6.30. The van der Waals surface area contributed by atoms with E-state index >= 15 is 0 Å². The molecule has 0 saturated carbocycles. The molecule has 1 heterocycles. The number of aliphatic carboxylic acids is 1. The van der Waals surface area contributed by atoms with Crippen LogP contribution in [0.5, 0.6) is 11.5 Å². The van der Waals surface area contributed by atoms with Crippen molar-refractivity contribution in [3.05, 3.63) is 52.5 Å². The van der Waals surface area contributed by atoms with Gasteiger partial charge in [0.25, 0.3) is 0 Å². The number of hydrogen-bond acceptors (Lipinski definition) is 5. The summed E-state index contributed by atoms with van der Waals surface area (Å²) in [7, 11) is 3.05. The number of methoxy groups -OCH3 is 2. The number of carboxylic acid groups (broad SMARTS) is 1. The molecule has 0 unspecified atom stereocenters. The molecule has 2 atom stereocenters. The van der Waals surface area contributed by atoms with E-state index in [9.17, 15) is 9.90 Å². The van der Waals surface area contributed by atoms with E-state index in [0.717, 1.165) is 5.56 Å². The van der Waals surface area contributed by atoms with Gasteiger partial charge in [-0.25, -0.2) is 4.79 Å². The molecule has 7 heteroatoms. The highest BCUT2D eigenvalue weighted by atomic mass is 35.5. The zero-order valence-corrected chi connectivity index (χ0v) is 16.2. The molecule has 6 nitrogen and oxygen atoms in total. The van der Waals surface area contributed by atoms with E-state index < -0.39 is 11.6 Å². The maximum Gasteiger partial charge on any atom is 0.341 e. The SMILES string of the molecule is CCO[C@@]1(C(=O)O)C[C@@H](c2ccc(Cl)cc2)Nc2c(OC)ccc(OC)c21. The molecule has 144 valence electrons. The number of carboxylic acids is 1. The Labute approximate surface area is 163 Å². The molecular formula is C20H22ClNO5. The number of benzene rings is 2. The molecule has 1 aliphatic heterocycles. The summed E-state index contributed by atoms with van der Waals surface area (Å²) >= 11 is 6.00. The van der Waals surface area contributed by atoms with E-state index in [1.807, 2.05) is 12.1 Å². The molecule has 1 aliphatic rings. The Morgan fingerprint density at radius 1 is 1.19 bits per heavy atom. The highest BCUT2D eigenvalue weighted by Gasteiger charge is 2.51. The van der Waals surface area contributed by atoms with Crippen LogP contribution in [0, 0.1) is 0 Å². The van der Waals surface area contributed by atoms with Crippen LogP contribution in [-0.2, 0) is 15.1 Å². The van der Waals surface area contributed by atoms with Crippen molar-refractivity contribution in [2.24, 2.45) is 0 Å². The Morgan fingerprint density at radius 3 is 2.37 bits per heavy atom. The average Bonchev–Trinajstić information content (AvgIpc) is 2.67. The molecule has 0 bridgehead atoms. The summed E-state index contributed by atoms with van der Waals surface area (Å²) in [6.07, 6.45) is 0.189. The van der Waals surface area contributed by atoms with Crippen LogP contribution in [0.2, 0.25) is 5.02 Å². The van der Waals surface area contributed by atoms with Crippen LogP contribution < -0.4 is 14.8 Å². The van der Waals surface area contributed by atoms with Gasteiger partial charge in [0.1, 0.15) is 11.5 Å². The maximum absolute atomic E-state index is 12.5. The largest absolute Gasteiger partial charge is 0.496 e. The van der Waals surface area contributed by atoms with Gasteiger partial charge >= 0.3 is 5.97 Å². The normalized spacial score (nSPS) is 21.1. The fraction of sp³-hybridized carbons (Fsp3) is 0.350. The Balaban J connectivity index is 2.24. The molecular weight excluding hydrogens is 370 g/mol. The van der Waals surface area contributed by atoms with Crippen molar-refractivity contribution in [2.45, 2.75) is 25.0 Å². The highest BCUT2D eigenvalue weighted by Crippen LogP contribution is 2.52. The molecule has 2 aromatic carbocycles. The van der Waals surface area contributed by atoms with E-state index in [1.54, 1.807) is 38.3 Å². The first kappa shape index (κ1) is 19.3. The zero-order chi connectivity index (χ0) is 19.6. The van der Waals surface area contributed by atoms with Crippen molar-refractivity contribution in [2.75, 3.05) is 26.1 Å². The van der Waals surface area contributed by atoms with E-state index in [-0.39, 0.29) is 19.1 Å². The standard InChI is InChI=1S/C20H22ClNO5/c1-4-27-20(19(23)24)11-14(12-5-7-13(21)8-6-12)22-18-16(26-3)10-9-15(25-2)17(18)20/h5-10,14,22H,4,11H2,1-3H3,(H,23,24)/t14-,20-/m0/s1. The van der Waals surface area contributed by atoms with E-state index in [4.69, 9.17) is 25.8 Å². The van der Waals surface area contributed by atoms with Crippen LogP contribution in [0.4, 0.5) is 5.69 Å². The predicted molar refractivity (Wildman–Crippen MR) is 103 cm³/mol. The van der Waals surface area contributed by atoms with Gasteiger partial charge in [0.05, 0.1) is 31.5 Å². The molecule has 2 aromatic rings. The lowest BCUT2D eigenvalue weighted by molar-refractivity contribution is -0.169. The van der Waals surface area contributed by atoms with Gasteiger partial charge in [-0.2, -0.15) is 0 Å². The molecule has 2 N–H and O–H groups in total. The average molecular weight is 392 g/mol. The second-order valence-electron chi connectivity index (χ2n) is 6.24. The first-order valence-corrected chi connectivity index (χ1v) is 8.99. The number of hydrogen-bond donors (Lipinski definition) is 2. The van der Waals surface area contributed by atoms with Crippen LogP contribution in [0.1, 0.15) is 30.5 Å². The molecule has 0 fully saturated rings. The van der Waals surface area contributed by atoms with Crippen molar-refractivity contribution in [3.8, 4) is 11.5 Å². The monoisotopic (exact) mass is 391 g/mol. The third-order valence-corrected chi connectivity index (χ3v) is 5.04. The first-order chi connectivity index (χ1) is 13.0. The number of halogens is 1. The topological polar surface area (TPSA) is 77.0 Å². The van der Waals surface area contributed by atoms with Crippen LogP contribution in [0.3, 0.4) is 0 Å². The summed E-state index contributed by atoms with van der Waals surface area (Å²) in [6.45, 7) is 2.01. The smallest absolute Gasteiger partial charge is 0.341 e. The summed E-state index contributed by atoms with van der Waals surface area (Å²) in [5.41, 5.74) is 0.322. The summed E-state index contributed by atoms with van der Waals surface area (Å²) < 4.78 is 16.8. The third kappa shape index (κ3) is 3.31. The minimum atomic E-state index is -1.57. The van der Waals surface area contributed by atoms with Crippen molar-refractivity contribution in [3.63, 3.8) is 0 Å². The van der Waals surface area contributed by atoms with Gasteiger partial charge in [-0.1, -0.05) is 23.7 Å². The number of fused-ring (bicyclic) bond motifs is 1. The van der Waals surface area contributed by atoms with Crippen LogP contribution in [0.25, 0.3) is 0 Å².